The number of rotatable bonds is 2. The summed E-state index contributed by atoms with van der Waals surface area (Å²) in [5.74, 6) is 0.566. The van der Waals surface area contributed by atoms with E-state index in [0.717, 1.165) is 22.3 Å². The smallest absolute Gasteiger partial charge is 0.149 e. The second-order valence-corrected chi connectivity index (χ2v) is 4.96. The second-order valence-electron chi connectivity index (χ2n) is 4.55. The summed E-state index contributed by atoms with van der Waals surface area (Å²) < 4.78 is 0. The van der Waals surface area contributed by atoms with Crippen LogP contribution in [-0.2, 0) is 0 Å². The fourth-order valence-electron chi connectivity index (χ4n) is 2.02. The third-order valence-electron chi connectivity index (χ3n) is 2.97. The molecular formula is C15H13ClN4. The maximum absolute atomic E-state index is 6.14. The van der Waals surface area contributed by atoms with Gasteiger partial charge < -0.3 is 11.1 Å². The quantitative estimate of drug-likeness (QED) is 0.749. The van der Waals surface area contributed by atoms with Gasteiger partial charge in [-0.3, -0.25) is 4.98 Å². The van der Waals surface area contributed by atoms with Crippen molar-refractivity contribution in [3.05, 3.63) is 53.3 Å². The Morgan fingerprint density at radius 1 is 1.20 bits per heavy atom. The van der Waals surface area contributed by atoms with Crippen LogP contribution < -0.4 is 11.1 Å². The maximum atomic E-state index is 6.14. The lowest BCUT2D eigenvalue weighted by molar-refractivity contribution is 1.25. The third-order valence-corrected chi connectivity index (χ3v) is 3.26. The minimum atomic E-state index is 0.481. The van der Waals surface area contributed by atoms with Gasteiger partial charge in [-0.2, -0.15) is 0 Å². The van der Waals surface area contributed by atoms with Gasteiger partial charge in [-0.25, -0.2) is 4.98 Å². The van der Waals surface area contributed by atoms with Crippen LogP contribution in [0, 0.1) is 6.92 Å². The molecule has 4 nitrogen and oxygen atoms in total. The van der Waals surface area contributed by atoms with E-state index in [1.807, 2.05) is 37.3 Å². The predicted molar refractivity (Wildman–Crippen MR) is 83.4 cm³/mol. The van der Waals surface area contributed by atoms with Crippen molar-refractivity contribution in [1.29, 1.82) is 0 Å². The average molecular weight is 285 g/mol. The lowest BCUT2D eigenvalue weighted by atomic mass is 10.1. The van der Waals surface area contributed by atoms with Gasteiger partial charge in [-0.15, -0.1) is 0 Å². The van der Waals surface area contributed by atoms with Crippen LogP contribution in [0.4, 0.5) is 17.2 Å². The first kappa shape index (κ1) is 12.7. The molecule has 5 heteroatoms. The minimum Gasteiger partial charge on any atom is -0.397 e. The van der Waals surface area contributed by atoms with Gasteiger partial charge >= 0.3 is 0 Å². The van der Waals surface area contributed by atoms with Crippen LogP contribution >= 0.6 is 11.6 Å². The Kier molecular flexibility index (Phi) is 3.16. The van der Waals surface area contributed by atoms with Gasteiger partial charge in [0.15, 0.2) is 0 Å². The summed E-state index contributed by atoms with van der Waals surface area (Å²) in [7, 11) is 0. The molecule has 0 spiro atoms. The number of nitrogens with one attached hydrogen (secondary N) is 1. The first-order chi connectivity index (χ1) is 9.63. The number of nitrogens with two attached hydrogens (primary N) is 1. The molecule has 0 aliphatic carbocycles. The first-order valence-corrected chi connectivity index (χ1v) is 6.56. The molecule has 0 aliphatic rings. The highest BCUT2D eigenvalue weighted by Gasteiger charge is 2.07. The van der Waals surface area contributed by atoms with Crippen LogP contribution in [0.25, 0.3) is 10.9 Å². The first-order valence-electron chi connectivity index (χ1n) is 6.18. The van der Waals surface area contributed by atoms with Crippen molar-refractivity contribution < 1.29 is 0 Å². The molecule has 1 aromatic carbocycles. The molecule has 0 saturated heterocycles. The number of aromatic nitrogens is 2. The lowest BCUT2D eigenvalue weighted by Gasteiger charge is -2.10. The van der Waals surface area contributed by atoms with Crippen LogP contribution in [0.2, 0.25) is 5.02 Å². The highest BCUT2D eigenvalue weighted by molar-refractivity contribution is 6.33. The Hall–Kier alpha value is -2.33. The minimum absolute atomic E-state index is 0.481. The predicted octanol–water partition coefficient (Wildman–Crippen LogP) is 3.92. The highest BCUT2D eigenvalue weighted by atomic mass is 35.5. The number of fused-ring (bicyclic) bond motifs is 1. The van der Waals surface area contributed by atoms with E-state index in [2.05, 4.69) is 15.3 Å². The van der Waals surface area contributed by atoms with Crippen molar-refractivity contribution in [2.24, 2.45) is 0 Å². The number of hydrogen-bond donors (Lipinski definition) is 2. The van der Waals surface area contributed by atoms with E-state index in [1.165, 1.54) is 0 Å². The van der Waals surface area contributed by atoms with Crippen molar-refractivity contribution in [3.63, 3.8) is 0 Å². The Balaban J connectivity index is 2.08. The number of aryl methyl sites for hydroxylation is 1. The van der Waals surface area contributed by atoms with Crippen molar-refractivity contribution >= 4 is 39.7 Å². The van der Waals surface area contributed by atoms with E-state index in [1.54, 1.807) is 12.3 Å². The number of halogens is 1. The number of pyridine rings is 2. The maximum Gasteiger partial charge on any atom is 0.149 e. The standard InChI is InChI=1S/C15H13ClN4/c1-9-5-6-10-3-2-4-13(14(10)19-9)20-15-12(16)7-11(17)8-18-15/h2-8H,17H2,1H3,(H,18,20). The summed E-state index contributed by atoms with van der Waals surface area (Å²) in [5.41, 5.74) is 8.90. The summed E-state index contributed by atoms with van der Waals surface area (Å²) in [6.45, 7) is 1.96. The van der Waals surface area contributed by atoms with E-state index >= 15 is 0 Å². The number of benzene rings is 1. The van der Waals surface area contributed by atoms with Crippen molar-refractivity contribution in [1.82, 2.24) is 9.97 Å². The van der Waals surface area contributed by atoms with Crippen LogP contribution in [-0.4, -0.2) is 9.97 Å². The number of para-hydroxylation sites is 1. The summed E-state index contributed by atoms with van der Waals surface area (Å²) in [6.07, 6.45) is 1.57. The van der Waals surface area contributed by atoms with Gasteiger partial charge in [-0.05, 0) is 25.1 Å². The monoisotopic (exact) mass is 284 g/mol. The molecule has 0 amide bonds. The molecule has 0 saturated carbocycles. The molecular weight excluding hydrogens is 272 g/mol. The molecule has 2 heterocycles. The molecule has 0 radical (unpaired) electrons. The van der Waals surface area contributed by atoms with Gasteiger partial charge in [-0.1, -0.05) is 29.8 Å². The Labute approximate surface area is 121 Å². The van der Waals surface area contributed by atoms with Gasteiger partial charge in [0.05, 0.1) is 28.1 Å². The van der Waals surface area contributed by atoms with Gasteiger partial charge in [0.2, 0.25) is 0 Å². The normalized spacial score (nSPS) is 10.7. The molecule has 0 atom stereocenters. The molecule has 2 aromatic heterocycles. The van der Waals surface area contributed by atoms with E-state index < -0.39 is 0 Å². The fraction of sp³-hybridized carbons (Fsp3) is 0.0667. The number of hydrogen-bond acceptors (Lipinski definition) is 4. The van der Waals surface area contributed by atoms with Crippen LogP contribution in [0.5, 0.6) is 0 Å². The number of anilines is 3. The second kappa shape index (κ2) is 4.98. The summed E-state index contributed by atoms with van der Waals surface area (Å²) >= 11 is 6.14. The molecule has 0 aliphatic heterocycles. The average Bonchev–Trinajstić information content (AvgIpc) is 2.42. The van der Waals surface area contributed by atoms with E-state index in [-0.39, 0.29) is 0 Å². The van der Waals surface area contributed by atoms with E-state index in [9.17, 15) is 0 Å². The zero-order chi connectivity index (χ0) is 14.1. The third kappa shape index (κ3) is 2.38. The molecule has 20 heavy (non-hydrogen) atoms. The molecule has 100 valence electrons. The molecule has 0 fully saturated rings. The molecule has 3 rings (SSSR count). The molecule has 3 aromatic rings. The van der Waals surface area contributed by atoms with Gasteiger partial charge in [0.1, 0.15) is 5.82 Å². The van der Waals surface area contributed by atoms with Crippen molar-refractivity contribution in [2.75, 3.05) is 11.1 Å². The van der Waals surface area contributed by atoms with E-state index in [0.29, 0.717) is 16.5 Å². The van der Waals surface area contributed by atoms with Gasteiger partial charge in [0, 0.05) is 11.1 Å². The summed E-state index contributed by atoms with van der Waals surface area (Å²) in [4.78, 5) is 8.77. The Morgan fingerprint density at radius 3 is 2.85 bits per heavy atom. The van der Waals surface area contributed by atoms with E-state index in [4.69, 9.17) is 17.3 Å². The largest absolute Gasteiger partial charge is 0.397 e. The summed E-state index contributed by atoms with van der Waals surface area (Å²) in [6, 6.07) is 11.6. The fourth-order valence-corrected chi connectivity index (χ4v) is 2.24. The van der Waals surface area contributed by atoms with Gasteiger partial charge in [0.25, 0.3) is 0 Å². The molecule has 3 N–H and O–H groups in total. The molecule has 0 bridgehead atoms. The lowest BCUT2D eigenvalue weighted by Crippen LogP contribution is -1.98. The molecule has 0 unspecified atom stereocenters. The van der Waals surface area contributed by atoms with Crippen LogP contribution in [0.1, 0.15) is 5.69 Å². The number of nitrogen functional groups attached to an aromatic ring is 1. The Bertz CT molecular complexity index is 786. The number of nitrogens with zero attached hydrogens (tertiary/aromatic N) is 2. The van der Waals surface area contributed by atoms with Crippen LogP contribution in [0.3, 0.4) is 0 Å². The Morgan fingerprint density at radius 2 is 2.05 bits per heavy atom. The topological polar surface area (TPSA) is 63.8 Å². The van der Waals surface area contributed by atoms with Crippen molar-refractivity contribution in [2.45, 2.75) is 6.92 Å². The van der Waals surface area contributed by atoms with Crippen molar-refractivity contribution in [3.8, 4) is 0 Å². The highest BCUT2D eigenvalue weighted by Crippen LogP contribution is 2.28. The zero-order valence-electron chi connectivity index (χ0n) is 10.9. The zero-order valence-corrected chi connectivity index (χ0v) is 11.6. The summed E-state index contributed by atoms with van der Waals surface area (Å²) in [5, 5.41) is 4.75. The SMILES string of the molecule is Cc1ccc2cccc(Nc3ncc(N)cc3Cl)c2n1. The van der Waals surface area contributed by atoms with Crippen LogP contribution in [0.15, 0.2) is 42.6 Å².